The number of hydrogen-bond donors (Lipinski definition) is 0. The van der Waals surface area contributed by atoms with Crippen molar-refractivity contribution in [3.05, 3.63) is 46.5 Å². The fourth-order valence-corrected chi connectivity index (χ4v) is 1.94. The fourth-order valence-electron chi connectivity index (χ4n) is 1.81. The molecule has 0 aliphatic carbocycles. The van der Waals surface area contributed by atoms with Gasteiger partial charge >= 0.3 is 0 Å². The molecule has 0 unspecified atom stereocenters. The van der Waals surface area contributed by atoms with Gasteiger partial charge in [0.05, 0.1) is 6.21 Å². The van der Waals surface area contributed by atoms with Crippen molar-refractivity contribution in [1.29, 1.82) is 0 Å². The number of methoxy groups -OCH3 is 2. The van der Waals surface area contributed by atoms with Gasteiger partial charge in [0.1, 0.15) is 12.2 Å². The zero-order valence-electron chi connectivity index (χ0n) is 13.0. The van der Waals surface area contributed by atoms with Crippen LogP contribution < -0.4 is 0 Å². The standard InChI is InChI=1S/C15H19ClN4O2/c1-10(21-3)14-18-19-15(11(2)22-4)20(14)17-9-12-5-7-13(16)8-6-12/h5-11H,1-4H3/b17-9+/t10-,11-/m0/s1. The van der Waals surface area contributed by atoms with Gasteiger partial charge in [-0.05, 0) is 31.5 Å². The van der Waals surface area contributed by atoms with Gasteiger partial charge in [-0.15, -0.1) is 10.2 Å². The van der Waals surface area contributed by atoms with E-state index in [4.69, 9.17) is 21.1 Å². The van der Waals surface area contributed by atoms with Gasteiger partial charge < -0.3 is 9.47 Å². The Labute approximate surface area is 134 Å². The molecule has 7 heteroatoms. The Morgan fingerprint density at radius 3 is 2.00 bits per heavy atom. The Morgan fingerprint density at radius 1 is 1.05 bits per heavy atom. The van der Waals surface area contributed by atoms with Crippen LogP contribution in [0.3, 0.4) is 0 Å². The van der Waals surface area contributed by atoms with Crippen molar-refractivity contribution in [2.45, 2.75) is 26.1 Å². The summed E-state index contributed by atoms with van der Waals surface area (Å²) < 4.78 is 12.3. The number of rotatable bonds is 6. The average Bonchev–Trinajstić information content (AvgIpc) is 2.96. The predicted molar refractivity (Wildman–Crippen MR) is 85.3 cm³/mol. The van der Waals surface area contributed by atoms with Crippen molar-refractivity contribution >= 4 is 17.8 Å². The van der Waals surface area contributed by atoms with Crippen molar-refractivity contribution in [2.24, 2.45) is 5.10 Å². The van der Waals surface area contributed by atoms with Crippen molar-refractivity contribution in [3.63, 3.8) is 0 Å². The second-order valence-corrected chi connectivity index (χ2v) is 5.22. The Morgan fingerprint density at radius 2 is 1.55 bits per heavy atom. The Hall–Kier alpha value is -1.76. The molecule has 22 heavy (non-hydrogen) atoms. The Kier molecular flexibility index (Phi) is 5.65. The van der Waals surface area contributed by atoms with Crippen LogP contribution in [0.2, 0.25) is 5.02 Å². The lowest BCUT2D eigenvalue weighted by Crippen LogP contribution is -2.10. The predicted octanol–water partition coefficient (Wildman–Crippen LogP) is 3.23. The molecule has 0 fully saturated rings. The van der Waals surface area contributed by atoms with E-state index in [9.17, 15) is 0 Å². The van der Waals surface area contributed by atoms with Crippen LogP contribution >= 0.6 is 11.6 Å². The maximum atomic E-state index is 5.88. The molecular formula is C15H19ClN4O2. The van der Waals surface area contributed by atoms with Crippen molar-refractivity contribution < 1.29 is 9.47 Å². The van der Waals surface area contributed by atoms with Gasteiger partial charge in [-0.1, -0.05) is 23.7 Å². The molecule has 2 rings (SSSR count). The first kappa shape index (κ1) is 16.6. The third-order valence-electron chi connectivity index (χ3n) is 3.32. The van der Waals surface area contributed by atoms with Gasteiger partial charge in [0.15, 0.2) is 11.6 Å². The van der Waals surface area contributed by atoms with Crippen LogP contribution in [0.5, 0.6) is 0 Å². The van der Waals surface area contributed by atoms with Crippen LogP contribution in [0, 0.1) is 0 Å². The lowest BCUT2D eigenvalue weighted by atomic mass is 10.2. The lowest BCUT2D eigenvalue weighted by molar-refractivity contribution is 0.101. The highest BCUT2D eigenvalue weighted by Gasteiger charge is 2.20. The van der Waals surface area contributed by atoms with Crippen molar-refractivity contribution in [2.75, 3.05) is 14.2 Å². The van der Waals surface area contributed by atoms with E-state index >= 15 is 0 Å². The monoisotopic (exact) mass is 322 g/mol. The van der Waals surface area contributed by atoms with Gasteiger partial charge in [-0.25, -0.2) is 0 Å². The normalized spacial score (nSPS) is 14.4. The van der Waals surface area contributed by atoms with Crippen LogP contribution in [-0.4, -0.2) is 35.3 Å². The molecule has 0 N–H and O–H groups in total. The quantitative estimate of drug-likeness (QED) is 0.766. The zero-order chi connectivity index (χ0) is 16.1. The summed E-state index contributed by atoms with van der Waals surface area (Å²) >= 11 is 5.88. The number of aromatic nitrogens is 3. The van der Waals surface area contributed by atoms with Gasteiger partial charge in [-0.3, -0.25) is 0 Å². The van der Waals surface area contributed by atoms with Crippen molar-refractivity contribution in [1.82, 2.24) is 14.9 Å². The molecule has 0 saturated heterocycles. The molecule has 0 saturated carbocycles. The van der Waals surface area contributed by atoms with Crippen molar-refractivity contribution in [3.8, 4) is 0 Å². The van der Waals surface area contributed by atoms with E-state index in [-0.39, 0.29) is 12.2 Å². The van der Waals surface area contributed by atoms with E-state index in [1.807, 2.05) is 38.1 Å². The molecule has 1 aromatic heterocycles. The first-order chi connectivity index (χ1) is 10.6. The molecular weight excluding hydrogens is 304 g/mol. The number of halogens is 1. The molecule has 2 aromatic rings. The molecule has 0 bridgehead atoms. The second-order valence-electron chi connectivity index (χ2n) is 4.78. The summed E-state index contributed by atoms with van der Waals surface area (Å²) in [6.45, 7) is 3.78. The van der Waals surface area contributed by atoms with E-state index < -0.39 is 0 Å². The highest BCUT2D eigenvalue weighted by molar-refractivity contribution is 6.30. The molecule has 1 aromatic carbocycles. The number of nitrogens with zero attached hydrogens (tertiary/aromatic N) is 4. The van der Waals surface area contributed by atoms with Gasteiger partial charge in [0.25, 0.3) is 0 Å². The molecule has 0 aliphatic heterocycles. The molecule has 0 aliphatic rings. The van der Waals surface area contributed by atoms with E-state index in [1.54, 1.807) is 25.1 Å². The minimum absolute atomic E-state index is 0.229. The first-order valence-electron chi connectivity index (χ1n) is 6.87. The summed E-state index contributed by atoms with van der Waals surface area (Å²) in [6, 6.07) is 7.39. The summed E-state index contributed by atoms with van der Waals surface area (Å²) in [4.78, 5) is 0. The summed E-state index contributed by atoms with van der Waals surface area (Å²) in [7, 11) is 3.23. The summed E-state index contributed by atoms with van der Waals surface area (Å²) in [6.07, 6.45) is 1.26. The van der Waals surface area contributed by atoms with Gasteiger partial charge in [0.2, 0.25) is 0 Å². The van der Waals surface area contributed by atoms with Crippen LogP contribution in [-0.2, 0) is 9.47 Å². The molecule has 2 atom stereocenters. The SMILES string of the molecule is CO[C@@H](C)c1nnc([C@H](C)OC)n1/N=C/c1ccc(Cl)cc1. The van der Waals surface area contributed by atoms with Crippen LogP contribution in [0.1, 0.15) is 43.3 Å². The van der Waals surface area contributed by atoms with Gasteiger partial charge in [-0.2, -0.15) is 9.78 Å². The third kappa shape index (κ3) is 3.71. The third-order valence-corrected chi connectivity index (χ3v) is 3.57. The molecule has 0 amide bonds. The molecule has 0 radical (unpaired) electrons. The van der Waals surface area contributed by atoms with E-state index in [0.29, 0.717) is 16.7 Å². The Balaban J connectivity index is 2.38. The van der Waals surface area contributed by atoms with Crippen LogP contribution in [0.4, 0.5) is 0 Å². The molecule has 0 spiro atoms. The second kappa shape index (κ2) is 7.49. The van der Waals surface area contributed by atoms with E-state index in [2.05, 4.69) is 15.3 Å². The van der Waals surface area contributed by atoms with E-state index in [0.717, 1.165) is 5.56 Å². The first-order valence-corrected chi connectivity index (χ1v) is 7.25. The summed E-state index contributed by atoms with van der Waals surface area (Å²) in [5.74, 6) is 1.23. The smallest absolute Gasteiger partial charge is 0.183 e. The minimum atomic E-state index is -0.229. The summed E-state index contributed by atoms with van der Waals surface area (Å²) in [5.41, 5.74) is 0.921. The molecule has 1 heterocycles. The van der Waals surface area contributed by atoms with E-state index in [1.165, 1.54) is 0 Å². The number of ether oxygens (including phenoxy) is 2. The van der Waals surface area contributed by atoms with Crippen LogP contribution in [0.25, 0.3) is 0 Å². The number of benzene rings is 1. The minimum Gasteiger partial charge on any atom is -0.374 e. The van der Waals surface area contributed by atoms with Gasteiger partial charge in [0, 0.05) is 19.2 Å². The lowest BCUT2D eigenvalue weighted by Gasteiger charge is -2.12. The topological polar surface area (TPSA) is 61.5 Å². The average molecular weight is 323 g/mol. The highest BCUT2D eigenvalue weighted by Crippen LogP contribution is 2.20. The summed E-state index contributed by atoms with van der Waals surface area (Å²) in [5, 5.41) is 13.5. The number of hydrogen-bond acceptors (Lipinski definition) is 5. The highest BCUT2D eigenvalue weighted by atomic mass is 35.5. The fraction of sp³-hybridized carbons (Fsp3) is 0.400. The molecule has 118 valence electrons. The zero-order valence-corrected chi connectivity index (χ0v) is 13.8. The maximum Gasteiger partial charge on any atom is 0.183 e. The molecule has 6 nitrogen and oxygen atoms in total. The maximum absolute atomic E-state index is 5.88. The largest absolute Gasteiger partial charge is 0.374 e. The van der Waals surface area contributed by atoms with Crippen LogP contribution in [0.15, 0.2) is 29.4 Å². The Bertz CT molecular complexity index is 612.